The average molecular weight is 212 g/mol. The minimum atomic E-state index is -0.445. The Morgan fingerprint density at radius 1 is 1.33 bits per heavy atom. The number of carbonyl (C=O) groups excluding carboxylic acids is 2. The molecule has 84 valence electrons. The molecule has 0 amide bonds. The summed E-state index contributed by atoms with van der Waals surface area (Å²) in [5.41, 5.74) is 0.310. The standard InChI is InChI=1S/C11H16O4/c1-4-6-10(12)15-8-7-9(3)11(13)14-5-2/h4,6H,3,5,7-8H2,1-2H3/b6-4+. The SMILES string of the molecule is C=C(CCOC(=O)/C=C/C)C(=O)OCC. The van der Waals surface area contributed by atoms with Gasteiger partial charge in [0.1, 0.15) is 0 Å². The highest BCUT2D eigenvalue weighted by atomic mass is 16.5. The van der Waals surface area contributed by atoms with Crippen LogP contribution in [-0.4, -0.2) is 25.2 Å². The van der Waals surface area contributed by atoms with Gasteiger partial charge in [-0.25, -0.2) is 9.59 Å². The summed E-state index contributed by atoms with van der Waals surface area (Å²) in [7, 11) is 0. The number of ether oxygens (including phenoxy) is 2. The molecule has 0 fully saturated rings. The molecule has 0 aliphatic rings. The normalized spacial score (nSPS) is 10.0. The lowest BCUT2D eigenvalue weighted by Gasteiger charge is -2.05. The third-order valence-corrected chi connectivity index (χ3v) is 1.52. The Labute approximate surface area is 89.6 Å². The fourth-order valence-corrected chi connectivity index (χ4v) is 0.794. The Morgan fingerprint density at radius 3 is 2.53 bits per heavy atom. The number of rotatable bonds is 6. The highest BCUT2D eigenvalue weighted by molar-refractivity contribution is 5.87. The third kappa shape index (κ3) is 6.49. The molecular weight excluding hydrogens is 196 g/mol. The van der Waals surface area contributed by atoms with Crippen molar-refractivity contribution in [1.82, 2.24) is 0 Å². The lowest BCUT2D eigenvalue weighted by atomic mass is 10.2. The van der Waals surface area contributed by atoms with Gasteiger partial charge in [-0.05, 0) is 13.8 Å². The average Bonchev–Trinajstić information content (AvgIpc) is 2.18. The van der Waals surface area contributed by atoms with Crippen LogP contribution in [0.25, 0.3) is 0 Å². The van der Waals surface area contributed by atoms with Gasteiger partial charge in [0, 0.05) is 18.1 Å². The lowest BCUT2D eigenvalue weighted by molar-refractivity contribution is -0.141. The number of esters is 2. The van der Waals surface area contributed by atoms with Crippen LogP contribution in [0.3, 0.4) is 0 Å². The molecule has 0 N–H and O–H groups in total. The summed E-state index contributed by atoms with van der Waals surface area (Å²) in [6.45, 7) is 7.43. The van der Waals surface area contributed by atoms with Crippen molar-refractivity contribution >= 4 is 11.9 Å². The summed E-state index contributed by atoms with van der Waals surface area (Å²) in [6, 6.07) is 0. The summed E-state index contributed by atoms with van der Waals surface area (Å²) in [5, 5.41) is 0. The van der Waals surface area contributed by atoms with E-state index in [9.17, 15) is 9.59 Å². The van der Waals surface area contributed by atoms with Crippen LogP contribution in [0, 0.1) is 0 Å². The van der Waals surface area contributed by atoms with Crippen LogP contribution in [0.5, 0.6) is 0 Å². The molecule has 4 nitrogen and oxygen atoms in total. The Balaban J connectivity index is 3.72. The number of hydrogen-bond acceptors (Lipinski definition) is 4. The van der Waals surface area contributed by atoms with E-state index in [1.165, 1.54) is 6.08 Å². The maximum Gasteiger partial charge on any atom is 0.333 e. The van der Waals surface area contributed by atoms with Crippen molar-refractivity contribution in [3.63, 3.8) is 0 Å². The highest BCUT2D eigenvalue weighted by Gasteiger charge is 2.07. The maximum atomic E-state index is 11.1. The predicted molar refractivity (Wildman–Crippen MR) is 56.2 cm³/mol. The topological polar surface area (TPSA) is 52.6 Å². The van der Waals surface area contributed by atoms with E-state index in [1.54, 1.807) is 19.9 Å². The van der Waals surface area contributed by atoms with E-state index in [-0.39, 0.29) is 6.61 Å². The Kier molecular flexibility index (Phi) is 6.97. The molecule has 0 spiro atoms. The highest BCUT2D eigenvalue weighted by Crippen LogP contribution is 2.01. The molecule has 0 aromatic heterocycles. The van der Waals surface area contributed by atoms with Crippen molar-refractivity contribution in [2.75, 3.05) is 13.2 Å². The van der Waals surface area contributed by atoms with Crippen LogP contribution >= 0.6 is 0 Å². The molecule has 0 rings (SSSR count). The number of carbonyl (C=O) groups is 2. The zero-order valence-electron chi connectivity index (χ0n) is 9.12. The summed E-state index contributed by atoms with van der Waals surface area (Å²) in [5.74, 6) is -0.867. The van der Waals surface area contributed by atoms with Gasteiger partial charge in [-0.15, -0.1) is 0 Å². The molecule has 0 aromatic rings. The van der Waals surface area contributed by atoms with Crippen LogP contribution in [0.15, 0.2) is 24.3 Å². The zero-order valence-corrected chi connectivity index (χ0v) is 9.12. The minimum absolute atomic E-state index is 0.140. The van der Waals surface area contributed by atoms with Gasteiger partial charge in [0.25, 0.3) is 0 Å². The van der Waals surface area contributed by atoms with Crippen molar-refractivity contribution in [2.45, 2.75) is 20.3 Å². The number of hydrogen-bond donors (Lipinski definition) is 0. The summed E-state index contributed by atoms with van der Waals surface area (Å²) < 4.78 is 9.50. The van der Waals surface area contributed by atoms with E-state index < -0.39 is 11.9 Å². The second kappa shape index (κ2) is 7.79. The van der Waals surface area contributed by atoms with E-state index in [2.05, 4.69) is 6.58 Å². The fraction of sp³-hybridized carbons (Fsp3) is 0.455. The van der Waals surface area contributed by atoms with E-state index in [0.29, 0.717) is 18.6 Å². The summed E-state index contributed by atoms with van der Waals surface area (Å²) >= 11 is 0. The van der Waals surface area contributed by atoms with Gasteiger partial charge in [0.2, 0.25) is 0 Å². The van der Waals surface area contributed by atoms with Gasteiger partial charge in [-0.2, -0.15) is 0 Å². The number of allylic oxidation sites excluding steroid dienone is 1. The monoisotopic (exact) mass is 212 g/mol. The van der Waals surface area contributed by atoms with Crippen LogP contribution in [0.2, 0.25) is 0 Å². The zero-order chi connectivity index (χ0) is 11.7. The maximum absolute atomic E-state index is 11.1. The summed E-state index contributed by atoms with van der Waals surface area (Å²) in [6.07, 6.45) is 3.19. The van der Waals surface area contributed by atoms with Gasteiger partial charge in [-0.1, -0.05) is 12.7 Å². The molecule has 0 aliphatic heterocycles. The molecule has 4 heteroatoms. The third-order valence-electron chi connectivity index (χ3n) is 1.52. The lowest BCUT2D eigenvalue weighted by Crippen LogP contribution is -2.10. The first-order chi connectivity index (χ1) is 7.11. The first kappa shape index (κ1) is 13.4. The molecule has 0 saturated carbocycles. The quantitative estimate of drug-likeness (QED) is 0.496. The molecule has 0 aliphatic carbocycles. The van der Waals surface area contributed by atoms with Crippen molar-refractivity contribution in [2.24, 2.45) is 0 Å². The predicted octanol–water partition coefficient (Wildman–Crippen LogP) is 1.62. The molecule has 0 bridgehead atoms. The largest absolute Gasteiger partial charge is 0.463 e. The molecule has 0 unspecified atom stereocenters. The molecule has 0 aromatic carbocycles. The smallest absolute Gasteiger partial charge is 0.333 e. The van der Waals surface area contributed by atoms with Crippen molar-refractivity contribution in [3.05, 3.63) is 24.3 Å². The fourth-order valence-electron chi connectivity index (χ4n) is 0.794. The molecule has 0 heterocycles. The van der Waals surface area contributed by atoms with Crippen molar-refractivity contribution in [3.8, 4) is 0 Å². The first-order valence-electron chi connectivity index (χ1n) is 4.76. The molecule has 15 heavy (non-hydrogen) atoms. The van der Waals surface area contributed by atoms with Crippen LogP contribution in [-0.2, 0) is 19.1 Å². The van der Waals surface area contributed by atoms with Gasteiger partial charge in [0.15, 0.2) is 0 Å². The van der Waals surface area contributed by atoms with Gasteiger partial charge in [0.05, 0.1) is 13.2 Å². The van der Waals surface area contributed by atoms with E-state index in [0.717, 1.165) is 0 Å². The Bertz CT molecular complexity index is 266. The summed E-state index contributed by atoms with van der Waals surface area (Å²) in [4.78, 5) is 21.9. The van der Waals surface area contributed by atoms with Gasteiger partial charge < -0.3 is 9.47 Å². The Hall–Kier alpha value is -1.58. The van der Waals surface area contributed by atoms with Crippen LogP contribution < -0.4 is 0 Å². The second-order valence-corrected chi connectivity index (χ2v) is 2.74. The minimum Gasteiger partial charge on any atom is -0.463 e. The van der Waals surface area contributed by atoms with Crippen molar-refractivity contribution < 1.29 is 19.1 Å². The first-order valence-corrected chi connectivity index (χ1v) is 4.76. The molecule has 0 atom stereocenters. The van der Waals surface area contributed by atoms with E-state index >= 15 is 0 Å². The van der Waals surface area contributed by atoms with Crippen molar-refractivity contribution in [1.29, 1.82) is 0 Å². The molecular formula is C11H16O4. The molecule has 0 radical (unpaired) electrons. The van der Waals surface area contributed by atoms with Gasteiger partial charge >= 0.3 is 11.9 Å². The van der Waals surface area contributed by atoms with E-state index in [1.807, 2.05) is 0 Å². The Morgan fingerprint density at radius 2 is 2.00 bits per heavy atom. The van der Waals surface area contributed by atoms with Crippen LogP contribution in [0.4, 0.5) is 0 Å². The van der Waals surface area contributed by atoms with E-state index in [4.69, 9.17) is 9.47 Å². The molecule has 0 saturated heterocycles. The van der Waals surface area contributed by atoms with Gasteiger partial charge in [-0.3, -0.25) is 0 Å². The second-order valence-electron chi connectivity index (χ2n) is 2.74. The van der Waals surface area contributed by atoms with Crippen LogP contribution in [0.1, 0.15) is 20.3 Å².